The van der Waals surface area contributed by atoms with E-state index in [0.717, 1.165) is 28.5 Å². The molecule has 4 heteroatoms. The Bertz CT molecular complexity index is 710. The summed E-state index contributed by atoms with van der Waals surface area (Å²) in [7, 11) is 0. The van der Waals surface area contributed by atoms with Gasteiger partial charge in [-0.3, -0.25) is 4.98 Å². The fourth-order valence-corrected chi connectivity index (χ4v) is 2.34. The smallest absolute Gasteiger partial charge is 0.162 e. The van der Waals surface area contributed by atoms with Crippen LogP contribution in [0.3, 0.4) is 0 Å². The van der Waals surface area contributed by atoms with Crippen molar-refractivity contribution in [2.24, 2.45) is 0 Å². The summed E-state index contributed by atoms with van der Waals surface area (Å²) < 4.78 is 0. The van der Waals surface area contributed by atoms with Crippen LogP contribution in [0, 0.1) is 0 Å². The molecule has 108 valence electrons. The topological polar surface area (TPSA) is 50.7 Å². The molecule has 1 aromatic carbocycles. The maximum Gasteiger partial charge on any atom is 0.162 e. The van der Waals surface area contributed by atoms with Gasteiger partial charge in [-0.15, -0.1) is 0 Å². The average molecular weight is 288 g/mol. The second-order valence-corrected chi connectivity index (χ2v) is 5.48. The van der Waals surface area contributed by atoms with E-state index in [1.54, 1.807) is 12.4 Å². The normalized spacial score (nSPS) is 13.8. The van der Waals surface area contributed by atoms with Gasteiger partial charge in [-0.25, -0.2) is 9.97 Å². The Morgan fingerprint density at radius 1 is 0.864 bits per heavy atom. The molecule has 0 radical (unpaired) electrons. The summed E-state index contributed by atoms with van der Waals surface area (Å²) in [5.41, 5.74) is 3.01. The van der Waals surface area contributed by atoms with Crippen LogP contribution in [0.2, 0.25) is 0 Å². The minimum absolute atomic E-state index is 0.559. The molecule has 2 aromatic heterocycles. The molecule has 0 saturated heterocycles. The van der Waals surface area contributed by atoms with Crippen molar-refractivity contribution in [1.29, 1.82) is 0 Å². The van der Waals surface area contributed by atoms with Gasteiger partial charge >= 0.3 is 0 Å². The quantitative estimate of drug-likeness (QED) is 0.793. The number of aromatic nitrogens is 3. The van der Waals surface area contributed by atoms with E-state index in [2.05, 4.69) is 27.4 Å². The molecule has 22 heavy (non-hydrogen) atoms. The Morgan fingerprint density at radius 2 is 1.64 bits per heavy atom. The lowest BCUT2D eigenvalue weighted by Gasteiger charge is -2.09. The van der Waals surface area contributed by atoms with Gasteiger partial charge in [-0.2, -0.15) is 0 Å². The monoisotopic (exact) mass is 288 g/mol. The highest BCUT2D eigenvalue weighted by Gasteiger charge is 2.22. The van der Waals surface area contributed by atoms with Gasteiger partial charge in [-0.05, 0) is 25.0 Å². The SMILES string of the molecule is c1ccc(-c2cc(NC3CC3)nc(-c3ccncc3)n2)cc1. The molecule has 3 aromatic rings. The number of nitrogens with zero attached hydrogens (tertiary/aromatic N) is 3. The minimum atomic E-state index is 0.559. The van der Waals surface area contributed by atoms with E-state index < -0.39 is 0 Å². The van der Waals surface area contributed by atoms with Crippen molar-refractivity contribution in [3.63, 3.8) is 0 Å². The van der Waals surface area contributed by atoms with E-state index >= 15 is 0 Å². The van der Waals surface area contributed by atoms with E-state index in [4.69, 9.17) is 4.98 Å². The molecule has 2 heterocycles. The number of anilines is 1. The highest BCUT2D eigenvalue weighted by Crippen LogP contribution is 2.28. The van der Waals surface area contributed by atoms with Gasteiger partial charge in [0.25, 0.3) is 0 Å². The first-order valence-electron chi connectivity index (χ1n) is 7.50. The van der Waals surface area contributed by atoms with E-state index in [-0.39, 0.29) is 0 Å². The Hall–Kier alpha value is -2.75. The second-order valence-electron chi connectivity index (χ2n) is 5.48. The van der Waals surface area contributed by atoms with Gasteiger partial charge in [0.2, 0.25) is 0 Å². The van der Waals surface area contributed by atoms with E-state index in [9.17, 15) is 0 Å². The van der Waals surface area contributed by atoms with Gasteiger partial charge in [0.15, 0.2) is 5.82 Å². The Balaban J connectivity index is 1.80. The molecule has 0 spiro atoms. The van der Waals surface area contributed by atoms with Gasteiger partial charge in [-0.1, -0.05) is 30.3 Å². The lowest BCUT2D eigenvalue weighted by atomic mass is 10.1. The van der Waals surface area contributed by atoms with Gasteiger partial charge < -0.3 is 5.32 Å². The van der Waals surface area contributed by atoms with Crippen LogP contribution in [0.5, 0.6) is 0 Å². The number of hydrogen-bond acceptors (Lipinski definition) is 4. The van der Waals surface area contributed by atoms with Crippen LogP contribution in [-0.4, -0.2) is 21.0 Å². The summed E-state index contributed by atoms with van der Waals surface area (Å²) in [6.45, 7) is 0. The van der Waals surface area contributed by atoms with Crippen LogP contribution in [-0.2, 0) is 0 Å². The molecule has 1 saturated carbocycles. The maximum absolute atomic E-state index is 4.72. The van der Waals surface area contributed by atoms with Crippen LogP contribution in [0.25, 0.3) is 22.6 Å². The zero-order chi connectivity index (χ0) is 14.8. The van der Waals surface area contributed by atoms with Crippen molar-refractivity contribution in [2.45, 2.75) is 18.9 Å². The van der Waals surface area contributed by atoms with E-state index in [0.29, 0.717) is 6.04 Å². The molecule has 0 unspecified atom stereocenters. The first-order chi connectivity index (χ1) is 10.9. The minimum Gasteiger partial charge on any atom is -0.367 e. The number of hydrogen-bond donors (Lipinski definition) is 1. The van der Waals surface area contributed by atoms with Crippen molar-refractivity contribution >= 4 is 5.82 Å². The fraction of sp³-hybridized carbons (Fsp3) is 0.167. The molecular formula is C18H16N4. The molecule has 1 aliphatic rings. The van der Waals surface area contributed by atoms with Crippen molar-refractivity contribution < 1.29 is 0 Å². The van der Waals surface area contributed by atoms with Crippen molar-refractivity contribution in [3.8, 4) is 22.6 Å². The fourth-order valence-electron chi connectivity index (χ4n) is 2.34. The summed E-state index contributed by atoms with van der Waals surface area (Å²) in [6, 6.07) is 16.7. The summed E-state index contributed by atoms with van der Waals surface area (Å²) >= 11 is 0. The highest BCUT2D eigenvalue weighted by molar-refractivity contribution is 5.67. The van der Waals surface area contributed by atoms with Gasteiger partial charge in [0.05, 0.1) is 5.69 Å². The first-order valence-corrected chi connectivity index (χ1v) is 7.50. The highest BCUT2D eigenvalue weighted by atomic mass is 15.1. The molecule has 0 atom stereocenters. The van der Waals surface area contributed by atoms with Gasteiger partial charge in [0.1, 0.15) is 5.82 Å². The second kappa shape index (κ2) is 5.56. The average Bonchev–Trinajstić information content (AvgIpc) is 3.40. The Kier molecular flexibility index (Phi) is 3.27. The molecular weight excluding hydrogens is 272 g/mol. The van der Waals surface area contributed by atoms with Crippen LogP contribution < -0.4 is 5.32 Å². The Labute approximate surface area is 129 Å². The molecule has 0 aliphatic heterocycles. The number of rotatable bonds is 4. The van der Waals surface area contributed by atoms with Crippen LogP contribution in [0.1, 0.15) is 12.8 Å². The molecule has 1 N–H and O–H groups in total. The lowest BCUT2D eigenvalue weighted by Crippen LogP contribution is -2.05. The molecule has 0 bridgehead atoms. The van der Waals surface area contributed by atoms with Crippen molar-refractivity contribution in [3.05, 3.63) is 60.9 Å². The largest absolute Gasteiger partial charge is 0.367 e. The standard InChI is InChI=1S/C18H16N4/c1-2-4-13(5-3-1)16-12-17(20-15-6-7-15)22-18(21-16)14-8-10-19-11-9-14/h1-5,8-12,15H,6-7H2,(H,20,21,22). The van der Waals surface area contributed by atoms with Crippen LogP contribution in [0.15, 0.2) is 60.9 Å². The zero-order valence-electron chi connectivity index (χ0n) is 12.1. The Morgan fingerprint density at radius 3 is 2.36 bits per heavy atom. The number of benzene rings is 1. The number of nitrogens with one attached hydrogen (secondary N) is 1. The first kappa shape index (κ1) is 13.0. The third-order valence-corrected chi connectivity index (χ3v) is 3.66. The molecule has 0 amide bonds. The van der Waals surface area contributed by atoms with E-state index in [1.807, 2.05) is 36.4 Å². The van der Waals surface area contributed by atoms with Crippen LogP contribution >= 0.6 is 0 Å². The van der Waals surface area contributed by atoms with E-state index in [1.165, 1.54) is 12.8 Å². The summed E-state index contributed by atoms with van der Waals surface area (Å²) in [5, 5.41) is 3.47. The maximum atomic E-state index is 4.72. The predicted octanol–water partition coefficient (Wildman–Crippen LogP) is 3.78. The molecule has 4 nitrogen and oxygen atoms in total. The van der Waals surface area contributed by atoms with Crippen molar-refractivity contribution in [1.82, 2.24) is 15.0 Å². The number of pyridine rings is 1. The molecule has 1 fully saturated rings. The molecule has 1 aliphatic carbocycles. The zero-order valence-corrected chi connectivity index (χ0v) is 12.1. The van der Waals surface area contributed by atoms with Crippen LogP contribution in [0.4, 0.5) is 5.82 Å². The molecule has 4 rings (SSSR count). The van der Waals surface area contributed by atoms with Gasteiger partial charge in [0, 0.05) is 35.6 Å². The summed E-state index contributed by atoms with van der Waals surface area (Å²) in [5.74, 6) is 1.62. The van der Waals surface area contributed by atoms with Crippen molar-refractivity contribution in [2.75, 3.05) is 5.32 Å². The summed E-state index contributed by atoms with van der Waals surface area (Å²) in [6.07, 6.45) is 5.97. The summed E-state index contributed by atoms with van der Waals surface area (Å²) in [4.78, 5) is 13.4. The predicted molar refractivity (Wildman–Crippen MR) is 87.3 cm³/mol. The third-order valence-electron chi connectivity index (χ3n) is 3.66. The lowest BCUT2D eigenvalue weighted by molar-refractivity contribution is 1.09. The third kappa shape index (κ3) is 2.81.